The Balaban J connectivity index is 0.000000115. The second kappa shape index (κ2) is 38.5. The van der Waals surface area contributed by atoms with Gasteiger partial charge in [0, 0.05) is 128 Å². The van der Waals surface area contributed by atoms with Crippen LogP contribution in [0.5, 0.6) is 0 Å². The number of H-pyrrole nitrogens is 1. The summed E-state index contributed by atoms with van der Waals surface area (Å²) in [4.78, 5) is 113. The zero-order valence-electron chi connectivity index (χ0n) is 71.0. The van der Waals surface area contributed by atoms with Crippen LogP contribution in [0.25, 0.3) is 167 Å². The molecule has 1 saturated carbocycles. The summed E-state index contributed by atoms with van der Waals surface area (Å²) >= 11 is 0. The van der Waals surface area contributed by atoms with Crippen molar-refractivity contribution in [2.75, 3.05) is 40.6 Å². The van der Waals surface area contributed by atoms with Crippen LogP contribution in [0.4, 0.5) is 34.9 Å². The summed E-state index contributed by atoms with van der Waals surface area (Å²) in [6.07, 6.45) is 10.7. The summed E-state index contributed by atoms with van der Waals surface area (Å²) in [5.41, 5.74) is 41.8. The SMILES string of the molecule is CC(=O)Nc1nc(-c2ccc(C)o2)c(-c2ccc3ncccc3c2)nc1N.CNc1nc(-c2ccccc2)c(-c2ccc3ncccc3c2)nc1C#N.Nc1nc(-c2ccccc2)c(-c2ccc3ncccc3c2)[nH]c1=O.Nc1nc(-c2ccccc2)c(-c2ccc3ncccc3c2)nc1C(=O)NC1CC1.Nc1nc(-c2ccccc2)c(-c2ccc3ncccc3c2)nc1C(=O)O. The number of nitriles is 1. The fourth-order valence-electron chi connectivity index (χ4n) is 14.6. The number of nitrogen functional groups attached to an aromatic ring is 4. The molecule has 1 aliphatic carbocycles. The molecule has 0 saturated heterocycles. The highest BCUT2D eigenvalue weighted by Gasteiger charge is 2.29. The Bertz CT molecular complexity index is 7880. The number of nitrogens with zero attached hydrogens (tertiary/aromatic N) is 15. The molecule has 132 heavy (non-hydrogen) atoms. The Morgan fingerprint density at radius 3 is 1.14 bits per heavy atom. The van der Waals surface area contributed by atoms with Gasteiger partial charge in [-0.05, 0) is 123 Å². The van der Waals surface area contributed by atoms with E-state index in [1.807, 2.05) is 292 Å². The first-order chi connectivity index (χ1) is 64.3. The summed E-state index contributed by atoms with van der Waals surface area (Å²) in [5, 5.41) is 32.2. The number of carboxylic acid groups (broad SMARTS) is 1. The maximum Gasteiger partial charge on any atom is 0.358 e. The van der Waals surface area contributed by atoms with Crippen molar-refractivity contribution in [3.63, 3.8) is 0 Å². The van der Waals surface area contributed by atoms with E-state index >= 15 is 0 Å². The number of benzene rings is 9. The van der Waals surface area contributed by atoms with E-state index < -0.39 is 11.5 Å². The zero-order chi connectivity index (χ0) is 91.3. The number of nitrogens with two attached hydrogens (primary N) is 4. The molecule has 2 amide bonds. The number of aromatic amines is 1. The second-order valence-electron chi connectivity index (χ2n) is 30.3. The molecule has 0 atom stereocenters. The predicted molar refractivity (Wildman–Crippen MR) is 515 cm³/mol. The average molecular weight is 1730 g/mol. The molecule has 1 fully saturated rings. The Kier molecular flexibility index (Phi) is 24.9. The summed E-state index contributed by atoms with van der Waals surface area (Å²) in [7, 11) is 1.74. The van der Waals surface area contributed by atoms with Crippen LogP contribution >= 0.6 is 0 Å². The summed E-state index contributed by atoms with van der Waals surface area (Å²) in [5.74, 6) is 0.331. The van der Waals surface area contributed by atoms with Gasteiger partial charge in [-0.15, -0.1) is 0 Å². The normalized spacial score (nSPS) is 11.3. The molecule has 29 nitrogen and oxygen atoms in total. The lowest BCUT2D eigenvalue weighted by molar-refractivity contribution is -0.114. The van der Waals surface area contributed by atoms with Crippen LogP contribution in [0.3, 0.4) is 0 Å². The van der Waals surface area contributed by atoms with Gasteiger partial charge < -0.3 is 53.4 Å². The molecule has 9 aromatic carbocycles. The fourth-order valence-corrected chi connectivity index (χ4v) is 14.6. The average Bonchev–Trinajstić information content (AvgIpc) is 1.07. The van der Waals surface area contributed by atoms with E-state index in [-0.39, 0.29) is 64.0 Å². The van der Waals surface area contributed by atoms with Crippen molar-refractivity contribution < 1.29 is 23.9 Å². The molecule has 1 aliphatic rings. The third-order valence-corrected chi connectivity index (χ3v) is 21.1. The number of hydrogen-bond acceptors (Lipinski definition) is 25. The number of furan rings is 1. The predicted octanol–water partition coefficient (Wildman–Crippen LogP) is 18.8. The van der Waals surface area contributed by atoms with Gasteiger partial charge in [0.25, 0.3) is 11.5 Å². The number of aromatic nitrogens is 15. The molecule has 0 unspecified atom stereocenters. The maximum absolute atomic E-state index is 12.7. The van der Waals surface area contributed by atoms with Crippen molar-refractivity contribution in [1.29, 1.82) is 5.26 Å². The Hall–Kier alpha value is -18.6. The number of anilines is 6. The number of carbonyl (C=O) groups excluding carboxylic acids is 2. The summed E-state index contributed by atoms with van der Waals surface area (Å²) in [6.45, 7) is 3.24. The Labute approximate surface area is 753 Å². The van der Waals surface area contributed by atoms with E-state index in [1.54, 1.807) is 38.0 Å². The number of pyridine rings is 5. The van der Waals surface area contributed by atoms with Gasteiger partial charge >= 0.3 is 5.97 Å². The van der Waals surface area contributed by atoms with Crippen LogP contribution in [0.1, 0.15) is 52.2 Å². The van der Waals surface area contributed by atoms with Gasteiger partial charge in [-0.25, -0.2) is 49.7 Å². The standard InChI is InChI=1S/C23H19N5O.C21H15N5.C20H17N5O2.C20H14N4O2.C19H14N4O/c24-22-21(23(29)26-17-9-10-17)27-20(19(28-22)14-5-2-1-3-6-14)16-8-11-18-15(13-16)7-4-12-25-18;1-23-21-18(13-22)25-20(19(26-21)14-6-3-2-4-7-14)16-9-10-17-15(12-16)8-5-11-24-17;1-11-5-8-16(27-11)18-17(24-19(21)20(25-18)23-12(2)26)14-6-7-15-13(10-14)4-3-9-22-15;21-19-18(20(25)26)23-17(16(24-19)12-5-2-1-3-6-12)14-8-9-15-13(11-14)7-4-10-22-15;20-18-19(24)23-17(16(22-18)12-5-2-1-3-6-12)14-8-9-15-13(11-14)7-4-10-21-15/h1-8,11-13,17H,9-10H2,(H2,24,28)(H,26,29);2-12H,1H3,(H,23,26);3-10H,1-2H3,(H2,21,24)(H,23,25,26);1-11H,(H2,21,24)(H,25,26);1-11H,(H2,20,22)(H,23,24). The monoisotopic (exact) mass is 1730 g/mol. The third-order valence-electron chi connectivity index (χ3n) is 21.1. The number of rotatable bonds is 15. The molecule has 13 N–H and O–H groups in total. The number of nitrogens with one attached hydrogen (secondary N) is 4. The molecule has 0 radical (unpaired) electrons. The van der Waals surface area contributed by atoms with Crippen molar-refractivity contribution in [3.8, 4) is 119 Å². The molecular formula is C103H79N23O6. The highest BCUT2D eigenvalue weighted by atomic mass is 16.4. The highest BCUT2D eigenvalue weighted by molar-refractivity contribution is 6.00. The van der Waals surface area contributed by atoms with Gasteiger partial charge in [0.1, 0.15) is 23.2 Å². The molecule has 0 aliphatic heterocycles. The van der Waals surface area contributed by atoms with E-state index in [4.69, 9.17) is 27.4 Å². The lowest BCUT2D eigenvalue weighted by atomic mass is 10.0. The molecule has 20 aromatic rings. The smallest absolute Gasteiger partial charge is 0.358 e. The topological polar surface area (TPSA) is 462 Å². The minimum absolute atomic E-state index is 0.0416. The largest absolute Gasteiger partial charge is 0.476 e. The lowest BCUT2D eigenvalue weighted by Crippen LogP contribution is -2.28. The van der Waals surface area contributed by atoms with Gasteiger partial charge in [-0.2, -0.15) is 5.26 Å². The molecule has 0 bridgehead atoms. The minimum atomic E-state index is -1.21. The molecular weight excluding hydrogens is 1660 g/mol. The zero-order valence-corrected chi connectivity index (χ0v) is 71.0. The number of fused-ring (bicyclic) bond motifs is 5. The quantitative estimate of drug-likeness (QED) is 0.0460. The Morgan fingerprint density at radius 2 is 0.750 bits per heavy atom. The van der Waals surface area contributed by atoms with Crippen LogP contribution in [-0.4, -0.2) is 111 Å². The first kappa shape index (κ1) is 85.6. The number of carboxylic acids is 1. The van der Waals surface area contributed by atoms with Crippen LogP contribution in [-0.2, 0) is 4.79 Å². The first-order valence-electron chi connectivity index (χ1n) is 41.6. The fraction of sp³-hybridized carbons (Fsp3) is 0.0583. The van der Waals surface area contributed by atoms with Gasteiger partial charge in [-0.1, -0.05) is 182 Å². The van der Waals surface area contributed by atoms with Crippen LogP contribution in [0.2, 0.25) is 0 Å². The van der Waals surface area contributed by atoms with E-state index in [9.17, 15) is 29.5 Å². The minimum Gasteiger partial charge on any atom is -0.476 e. The van der Waals surface area contributed by atoms with Crippen LogP contribution in [0, 0.1) is 18.3 Å². The number of hydrogen-bond donors (Lipinski definition) is 9. The van der Waals surface area contributed by atoms with E-state index in [2.05, 4.69) is 96.8 Å². The van der Waals surface area contributed by atoms with E-state index in [0.717, 1.165) is 129 Å². The molecule has 642 valence electrons. The van der Waals surface area contributed by atoms with Crippen LogP contribution in [0.15, 0.2) is 325 Å². The second-order valence-corrected chi connectivity index (χ2v) is 30.3. The van der Waals surface area contributed by atoms with Crippen molar-refractivity contribution in [1.82, 2.24) is 80.1 Å². The van der Waals surface area contributed by atoms with Crippen molar-refractivity contribution >= 4 is 107 Å². The maximum atomic E-state index is 12.7. The third kappa shape index (κ3) is 19.3. The molecule has 0 spiro atoms. The highest BCUT2D eigenvalue weighted by Crippen LogP contribution is 2.40. The number of amides is 2. The number of aryl methyl sites for hydroxylation is 1. The summed E-state index contributed by atoms with van der Waals surface area (Å²) in [6, 6.07) is 93.1. The lowest BCUT2D eigenvalue weighted by Gasteiger charge is -2.13. The van der Waals surface area contributed by atoms with Crippen molar-refractivity contribution in [2.45, 2.75) is 32.7 Å². The molecule has 11 aromatic heterocycles. The van der Waals surface area contributed by atoms with Crippen molar-refractivity contribution in [2.24, 2.45) is 0 Å². The van der Waals surface area contributed by atoms with E-state index in [0.29, 0.717) is 62.8 Å². The van der Waals surface area contributed by atoms with Gasteiger partial charge in [-0.3, -0.25) is 39.3 Å². The number of carbonyl (C=O) groups is 3. The van der Waals surface area contributed by atoms with Gasteiger partial charge in [0.2, 0.25) is 5.91 Å². The van der Waals surface area contributed by atoms with E-state index in [1.165, 1.54) is 6.92 Å². The van der Waals surface area contributed by atoms with Gasteiger partial charge in [0.05, 0.1) is 73.1 Å². The molecule has 11 heterocycles. The van der Waals surface area contributed by atoms with Gasteiger partial charge in [0.15, 0.2) is 57.7 Å². The molecule has 21 rings (SSSR count). The number of aromatic carboxylic acids is 1. The Morgan fingerprint density at radius 1 is 0.394 bits per heavy atom. The van der Waals surface area contributed by atoms with Crippen molar-refractivity contribution in [3.05, 3.63) is 349 Å². The summed E-state index contributed by atoms with van der Waals surface area (Å²) < 4.78 is 5.75. The first-order valence-corrected chi connectivity index (χ1v) is 41.6. The molecule has 29 heteroatoms. The van der Waals surface area contributed by atoms with Crippen LogP contribution < -0.4 is 44.4 Å².